The minimum absolute atomic E-state index is 0.323. The molecule has 5 nitrogen and oxygen atoms in total. The molecule has 2 aromatic carbocycles. The first-order chi connectivity index (χ1) is 12.2. The van der Waals surface area contributed by atoms with Crippen LogP contribution in [0.1, 0.15) is 20.3 Å². The van der Waals surface area contributed by atoms with Gasteiger partial charge >= 0.3 is 0 Å². The van der Waals surface area contributed by atoms with Gasteiger partial charge in [-0.1, -0.05) is 37.3 Å². The molecule has 0 bridgehead atoms. The minimum atomic E-state index is 0.323. The lowest BCUT2D eigenvalue weighted by Crippen LogP contribution is -2.15. The molecule has 0 saturated carbocycles. The van der Waals surface area contributed by atoms with Crippen LogP contribution in [0.5, 0.6) is 11.5 Å². The fourth-order valence-corrected chi connectivity index (χ4v) is 2.23. The highest BCUT2D eigenvalue weighted by Crippen LogP contribution is 2.31. The number of benzene rings is 2. The number of hydrogen-bond acceptors (Lipinski definition) is 5. The Balaban J connectivity index is 1.78. The maximum atomic E-state index is 5.97. The Morgan fingerprint density at radius 2 is 1.76 bits per heavy atom. The summed E-state index contributed by atoms with van der Waals surface area (Å²) in [7, 11) is 0. The van der Waals surface area contributed by atoms with Gasteiger partial charge in [-0.2, -0.15) is 4.98 Å². The Hall–Kier alpha value is -3.08. The smallest absolute Gasteiger partial charge is 0.224 e. The van der Waals surface area contributed by atoms with Gasteiger partial charge in [0.05, 0.1) is 5.69 Å². The van der Waals surface area contributed by atoms with Gasteiger partial charge in [0.1, 0.15) is 11.6 Å². The summed E-state index contributed by atoms with van der Waals surface area (Å²) in [5.74, 6) is 2.85. The summed E-state index contributed by atoms with van der Waals surface area (Å²) in [5.41, 5.74) is 0.847. The average molecular weight is 334 g/mol. The molecule has 1 heterocycles. The van der Waals surface area contributed by atoms with Crippen molar-refractivity contribution in [3.8, 4) is 11.5 Å². The molecular weight excluding hydrogens is 312 g/mol. The number of nitrogens with zero attached hydrogens (tertiary/aromatic N) is 2. The largest absolute Gasteiger partial charge is 0.455 e. The van der Waals surface area contributed by atoms with E-state index >= 15 is 0 Å². The van der Waals surface area contributed by atoms with E-state index in [4.69, 9.17) is 4.74 Å². The molecule has 0 fully saturated rings. The third-order valence-corrected chi connectivity index (χ3v) is 3.76. The Kier molecular flexibility index (Phi) is 5.46. The third kappa shape index (κ3) is 4.70. The highest BCUT2D eigenvalue weighted by molar-refractivity contribution is 5.65. The van der Waals surface area contributed by atoms with Crippen LogP contribution in [-0.4, -0.2) is 16.0 Å². The van der Waals surface area contributed by atoms with Crippen LogP contribution < -0.4 is 15.4 Å². The molecule has 0 amide bonds. The zero-order valence-corrected chi connectivity index (χ0v) is 14.4. The fourth-order valence-electron chi connectivity index (χ4n) is 2.23. The van der Waals surface area contributed by atoms with Crippen LogP contribution in [0.25, 0.3) is 0 Å². The fraction of sp³-hybridized carbons (Fsp3) is 0.200. The first kappa shape index (κ1) is 16.8. The monoisotopic (exact) mass is 334 g/mol. The van der Waals surface area contributed by atoms with E-state index in [2.05, 4.69) is 34.4 Å². The Morgan fingerprint density at radius 3 is 2.56 bits per heavy atom. The third-order valence-electron chi connectivity index (χ3n) is 3.76. The van der Waals surface area contributed by atoms with Crippen molar-refractivity contribution in [2.75, 3.05) is 10.6 Å². The van der Waals surface area contributed by atoms with Gasteiger partial charge in [-0.15, -0.1) is 0 Å². The number of ether oxygens (including phenoxy) is 1. The highest BCUT2D eigenvalue weighted by Gasteiger charge is 2.07. The zero-order chi connectivity index (χ0) is 17.5. The summed E-state index contributed by atoms with van der Waals surface area (Å²) in [6, 6.07) is 19.7. The summed E-state index contributed by atoms with van der Waals surface area (Å²) >= 11 is 0. The number of rotatable bonds is 7. The van der Waals surface area contributed by atoms with Crippen molar-refractivity contribution in [2.45, 2.75) is 26.3 Å². The first-order valence-corrected chi connectivity index (χ1v) is 8.43. The van der Waals surface area contributed by atoms with Crippen molar-refractivity contribution < 1.29 is 4.74 Å². The standard InChI is InChI=1S/C20H22N4O/c1-3-15(2)22-20-21-14-13-19(24-20)23-17-11-7-8-12-18(17)25-16-9-5-4-6-10-16/h4-15H,3H2,1-2H3,(H2,21,22,23,24). The Bertz CT molecular complexity index is 808. The van der Waals surface area contributed by atoms with E-state index in [-0.39, 0.29) is 0 Å². The number of anilines is 3. The van der Waals surface area contributed by atoms with Gasteiger partial charge < -0.3 is 15.4 Å². The van der Waals surface area contributed by atoms with E-state index in [1.807, 2.05) is 60.7 Å². The Morgan fingerprint density at radius 1 is 1.00 bits per heavy atom. The summed E-state index contributed by atoms with van der Waals surface area (Å²) < 4.78 is 5.97. The van der Waals surface area contributed by atoms with Crippen LogP contribution in [0, 0.1) is 0 Å². The van der Waals surface area contributed by atoms with Gasteiger partial charge in [0.25, 0.3) is 0 Å². The topological polar surface area (TPSA) is 59.1 Å². The van der Waals surface area contributed by atoms with Crippen molar-refractivity contribution in [1.29, 1.82) is 0 Å². The van der Waals surface area contributed by atoms with Crippen LogP contribution >= 0.6 is 0 Å². The number of nitrogens with one attached hydrogen (secondary N) is 2. The molecule has 0 spiro atoms. The molecule has 2 N–H and O–H groups in total. The Labute approximate surface area is 148 Å². The maximum Gasteiger partial charge on any atom is 0.224 e. The van der Waals surface area contributed by atoms with E-state index in [0.29, 0.717) is 17.8 Å². The second kappa shape index (κ2) is 8.15. The lowest BCUT2D eigenvalue weighted by molar-refractivity contribution is 0.485. The highest BCUT2D eigenvalue weighted by atomic mass is 16.5. The van der Waals surface area contributed by atoms with E-state index in [1.165, 1.54) is 0 Å². The molecule has 0 radical (unpaired) electrons. The van der Waals surface area contributed by atoms with Gasteiger partial charge in [0.15, 0.2) is 5.75 Å². The van der Waals surface area contributed by atoms with Crippen LogP contribution in [-0.2, 0) is 0 Å². The molecule has 1 aromatic heterocycles. The predicted octanol–water partition coefficient (Wildman–Crippen LogP) is 5.22. The molecule has 3 aromatic rings. The van der Waals surface area contributed by atoms with Crippen molar-refractivity contribution >= 4 is 17.5 Å². The molecular formula is C20H22N4O. The summed E-state index contributed by atoms with van der Waals surface area (Å²) in [6.07, 6.45) is 2.75. The van der Waals surface area contributed by atoms with E-state index in [9.17, 15) is 0 Å². The predicted molar refractivity (Wildman–Crippen MR) is 102 cm³/mol. The zero-order valence-electron chi connectivity index (χ0n) is 14.4. The summed E-state index contributed by atoms with van der Waals surface area (Å²) in [6.45, 7) is 4.23. The van der Waals surface area contributed by atoms with Crippen LogP contribution in [0.3, 0.4) is 0 Å². The van der Waals surface area contributed by atoms with E-state index in [1.54, 1.807) is 6.20 Å². The van der Waals surface area contributed by atoms with Crippen molar-refractivity contribution in [2.24, 2.45) is 0 Å². The number of aromatic nitrogens is 2. The SMILES string of the molecule is CCC(C)Nc1nccc(Nc2ccccc2Oc2ccccc2)n1. The lowest BCUT2D eigenvalue weighted by atomic mass is 10.2. The number of para-hydroxylation sites is 3. The van der Waals surface area contributed by atoms with Gasteiger partial charge in [-0.3, -0.25) is 0 Å². The quantitative estimate of drug-likeness (QED) is 0.620. The molecule has 1 atom stereocenters. The number of hydrogen-bond donors (Lipinski definition) is 2. The summed E-state index contributed by atoms with van der Waals surface area (Å²) in [4.78, 5) is 8.78. The summed E-state index contributed by atoms with van der Waals surface area (Å²) in [5, 5.41) is 6.59. The molecule has 0 aliphatic rings. The lowest BCUT2D eigenvalue weighted by Gasteiger charge is -2.14. The molecule has 1 unspecified atom stereocenters. The van der Waals surface area contributed by atoms with Crippen molar-refractivity contribution in [3.63, 3.8) is 0 Å². The molecule has 0 saturated heterocycles. The average Bonchev–Trinajstić information content (AvgIpc) is 2.64. The first-order valence-electron chi connectivity index (χ1n) is 8.43. The normalized spacial score (nSPS) is 11.6. The van der Waals surface area contributed by atoms with Gasteiger partial charge in [-0.05, 0) is 43.7 Å². The van der Waals surface area contributed by atoms with Crippen molar-refractivity contribution in [3.05, 3.63) is 66.9 Å². The second-order valence-corrected chi connectivity index (χ2v) is 5.76. The van der Waals surface area contributed by atoms with Crippen LogP contribution in [0.4, 0.5) is 17.5 Å². The van der Waals surface area contributed by atoms with E-state index in [0.717, 1.165) is 23.6 Å². The van der Waals surface area contributed by atoms with Crippen LogP contribution in [0.15, 0.2) is 66.9 Å². The van der Waals surface area contributed by atoms with Crippen molar-refractivity contribution in [1.82, 2.24) is 9.97 Å². The second-order valence-electron chi connectivity index (χ2n) is 5.76. The molecule has 0 aliphatic heterocycles. The molecule has 128 valence electrons. The molecule has 5 heteroatoms. The van der Waals surface area contributed by atoms with Crippen LogP contribution in [0.2, 0.25) is 0 Å². The molecule has 3 rings (SSSR count). The minimum Gasteiger partial charge on any atom is -0.455 e. The molecule has 0 aliphatic carbocycles. The van der Waals surface area contributed by atoms with Gasteiger partial charge in [0.2, 0.25) is 5.95 Å². The van der Waals surface area contributed by atoms with Gasteiger partial charge in [-0.25, -0.2) is 4.98 Å². The van der Waals surface area contributed by atoms with Gasteiger partial charge in [0, 0.05) is 12.2 Å². The maximum absolute atomic E-state index is 5.97. The van der Waals surface area contributed by atoms with E-state index < -0.39 is 0 Å². The molecule has 25 heavy (non-hydrogen) atoms.